The van der Waals surface area contributed by atoms with Crippen LogP contribution in [0, 0.1) is 0 Å². The van der Waals surface area contributed by atoms with Crippen molar-refractivity contribution in [2.24, 2.45) is 5.84 Å². The largest absolute Gasteiger partial charge is 0.489 e. The molecule has 0 saturated carbocycles. The molecule has 5 heteroatoms. The number of nitrogen functional groups attached to an aromatic ring is 1. The predicted molar refractivity (Wildman–Crippen MR) is 76.6 cm³/mol. The molecule has 0 spiro atoms. The van der Waals surface area contributed by atoms with Gasteiger partial charge in [-0.25, -0.2) is 5.84 Å². The first-order chi connectivity index (χ1) is 9.19. The zero-order valence-electron chi connectivity index (χ0n) is 10.1. The molecule has 0 aliphatic heterocycles. The fourth-order valence-electron chi connectivity index (χ4n) is 1.58. The summed E-state index contributed by atoms with van der Waals surface area (Å²) in [6.45, 7) is 0.474. The summed E-state index contributed by atoms with van der Waals surface area (Å²) in [6, 6.07) is 14.7. The summed E-state index contributed by atoms with van der Waals surface area (Å²) in [4.78, 5) is 11.3. The maximum Gasteiger partial charge on any atom is 0.265 e. The van der Waals surface area contributed by atoms with Gasteiger partial charge in [0.25, 0.3) is 5.91 Å². The third kappa shape index (κ3) is 3.81. The number of carbonyl (C=O) groups excluding carboxylic acids is 1. The highest BCUT2D eigenvalue weighted by Crippen LogP contribution is 2.16. The molecule has 0 saturated heterocycles. The number of hydrazine groups is 1. The van der Waals surface area contributed by atoms with Gasteiger partial charge in [-0.1, -0.05) is 28.1 Å². The van der Waals surface area contributed by atoms with E-state index in [-0.39, 0.29) is 5.91 Å². The lowest BCUT2D eigenvalue weighted by Gasteiger charge is -2.07. The Balaban J connectivity index is 1.98. The second kappa shape index (κ2) is 6.36. The van der Waals surface area contributed by atoms with Gasteiger partial charge in [-0.15, -0.1) is 0 Å². The average molecular weight is 321 g/mol. The summed E-state index contributed by atoms with van der Waals surface area (Å²) in [5.41, 5.74) is 3.65. The van der Waals surface area contributed by atoms with Crippen molar-refractivity contribution in [2.75, 3.05) is 0 Å². The van der Waals surface area contributed by atoms with Crippen LogP contribution in [0.4, 0.5) is 0 Å². The number of hydrogen-bond donors (Lipinski definition) is 2. The molecule has 0 atom stereocenters. The van der Waals surface area contributed by atoms with Crippen LogP contribution < -0.4 is 16.0 Å². The molecule has 0 aliphatic carbocycles. The Hall–Kier alpha value is -1.85. The quantitative estimate of drug-likeness (QED) is 0.517. The number of ether oxygens (including phenoxy) is 1. The maximum atomic E-state index is 11.3. The first kappa shape index (κ1) is 13.6. The number of nitrogens with one attached hydrogen (secondary N) is 1. The van der Waals surface area contributed by atoms with Crippen LogP contribution in [0.1, 0.15) is 15.9 Å². The molecule has 1 amide bonds. The first-order valence-corrected chi connectivity index (χ1v) is 6.46. The number of rotatable bonds is 4. The molecule has 0 aliphatic rings. The van der Waals surface area contributed by atoms with Crippen LogP contribution in [0.15, 0.2) is 53.0 Å². The van der Waals surface area contributed by atoms with E-state index in [0.29, 0.717) is 17.9 Å². The Morgan fingerprint density at radius 3 is 2.58 bits per heavy atom. The van der Waals surface area contributed by atoms with Crippen molar-refractivity contribution in [3.8, 4) is 5.75 Å². The van der Waals surface area contributed by atoms with Gasteiger partial charge in [0.05, 0.1) is 0 Å². The standard InChI is InChI=1S/C14H13BrN2O2/c15-12-3-1-2-10(8-12)9-19-13-6-4-11(5-7-13)14(18)17-16/h1-8H,9,16H2,(H,17,18). The second-order valence-electron chi connectivity index (χ2n) is 3.92. The topological polar surface area (TPSA) is 64.3 Å². The Kier molecular flexibility index (Phi) is 4.54. The van der Waals surface area contributed by atoms with Crippen LogP contribution >= 0.6 is 15.9 Å². The average Bonchev–Trinajstić information content (AvgIpc) is 2.45. The van der Waals surface area contributed by atoms with Gasteiger partial charge < -0.3 is 4.74 Å². The lowest BCUT2D eigenvalue weighted by molar-refractivity contribution is 0.0953. The van der Waals surface area contributed by atoms with E-state index in [1.165, 1.54) is 0 Å². The predicted octanol–water partition coefficient (Wildman–Crippen LogP) is 2.63. The molecular formula is C14H13BrN2O2. The van der Waals surface area contributed by atoms with E-state index in [9.17, 15) is 4.79 Å². The lowest BCUT2D eigenvalue weighted by Crippen LogP contribution is -2.29. The third-order valence-electron chi connectivity index (χ3n) is 2.54. The van der Waals surface area contributed by atoms with Crippen LogP contribution in [-0.2, 0) is 6.61 Å². The molecule has 2 aromatic rings. The molecule has 19 heavy (non-hydrogen) atoms. The molecule has 2 aromatic carbocycles. The maximum absolute atomic E-state index is 11.3. The number of amides is 1. The third-order valence-corrected chi connectivity index (χ3v) is 3.04. The van der Waals surface area contributed by atoms with E-state index in [2.05, 4.69) is 21.4 Å². The summed E-state index contributed by atoms with van der Waals surface area (Å²) in [5.74, 6) is 5.44. The van der Waals surface area contributed by atoms with Crippen LogP contribution in [0.3, 0.4) is 0 Å². The Morgan fingerprint density at radius 2 is 1.95 bits per heavy atom. The monoisotopic (exact) mass is 320 g/mol. The van der Waals surface area contributed by atoms with Crippen molar-refractivity contribution < 1.29 is 9.53 Å². The highest BCUT2D eigenvalue weighted by molar-refractivity contribution is 9.10. The number of halogens is 1. The van der Waals surface area contributed by atoms with Crippen LogP contribution in [-0.4, -0.2) is 5.91 Å². The van der Waals surface area contributed by atoms with Gasteiger partial charge in [0.15, 0.2) is 0 Å². The SMILES string of the molecule is NNC(=O)c1ccc(OCc2cccc(Br)c2)cc1. The van der Waals surface area contributed by atoms with Gasteiger partial charge in [0, 0.05) is 10.0 Å². The molecule has 0 unspecified atom stereocenters. The van der Waals surface area contributed by atoms with Gasteiger partial charge in [0.2, 0.25) is 0 Å². The first-order valence-electron chi connectivity index (χ1n) is 5.67. The molecule has 4 nitrogen and oxygen atoms in total. The van der Waals surface area contributed by atoms with Crippen molar-refractivity contribution in [1.82, 2.24) is 5.43 Å². The second-order valence-corrected chi connectivity index (χ2v) is 4.83. The number of hydrogen-bond acceptors (Lipinski definition) is 3. The molecule has 3 N–H and O–H groups in total. The Labute approximate surface area is 119 Å². The van der Waals surface area contributed by atoms with Crippen molar-refractivity contribution >= 4 is 21.8 Å². The molecule has 0 fully saturated rings. The van der Waals surface area contributed by atoms with Gasteiger partial charge in [-0.05, 0) is 42.0 Å². The van der Waals surface area contributed by atoms with E-state index >= 15 is 0 Å². The highest BCUT2D eigenvalue weighted by Gasteiger charge is 2.03. The Bertz CT molecular complexity index is 570. The summed E-state index contributed by atoms with van der Waals surface area (Å²) in [5, 5.41) is 0. The molecular weight excluding hydrogens is 308 g/mol. The van der Waals surface area contributed by atoms with E-state index in [1.807, 2.05) is 24.3 Å². The van der Waals surface area contributed by atoms with Crippen molar-refractivity contribution in [3.05, 3.63) is 64.1 Å². The smallest absolute Gasteiger partial charge is 0.265 e. The highest BCUT2D eigenvalue weighted by atomic mass is 79.9. The van der Waals surface area contributed by atoms with Crippen LogP contribution in [0.2, 0.25) is 0 Å². The molecule has 0 aromatic heterocycles. The molecule has 0 heterocycles. The number of nitrogens with two attached hydrogens (primary N) is 1. The molecule has 0 radical (unpaired) electrons. The molecule has 0 bridgehead atoms. The van der Waals surface area contributed by atoms with E-state index < -0.39 is 0 Å². The number of carbonyl (C=O) groups is 1. The van der Waals surface area contributed by atoms with Crippen LogP contribution in [0.5, 0.6) is 5.75 Å². The molecule has 2 rings (SSSR count). The molecule has 98 valence electrons. The summed E-state index contributed by atoms with van der Waals surface area (Å²) < 4.78 is 6.65. The normalized spacial score (nSPS) is 10.0. The minimum absolute atomic E-state index is 0.321. The van der Waals surface area contributed by atoms with Gasteiger partial charge in [0.1, 0.15) is 12.4 Å². The van der Waals surface area contributed by atoms with Gasteiger partial charge in [-0.2, -0.15) is 0 Å². The summed E-state index contributed by atoms with van der Waals surface area (Å²) in [6.07, 6.45) is 0. The van der Waals surface area contributed by atoms with Crippen molar-refractivity contribution in [2.45, 2.75) is 6.61 Å². The van der Waals surface area contributed by atoms with Crippen molar-refractivity contribution in [3.63, 3.8) is 0 Å². The van der Waals surface area contributed by atoms with Crippen molar-refractivity contribution in [1.29, 1.82) is 0 Å². The van der Waals surface area contributed by atoms with E-state index in [1.54, 1.807) is 24.3 Å². The van der Waals surface area contributed by atoms with Gasteiger partial charge in [-0.3, -0.25) is 10.2 Å². The Morgan fingerprint density at radius 1 is 1.21 bits per heavy atom. The fourth-order valence-corrected chi connectivity index (χ4v) is 2.03. The van der Waals surface area contributed by atoms with E-state index in [4.69, 9.17) is 10.6 Å². The minimum atomic E-state index is -0.321. The minimum Gasteiger partial charge on any atom is -0.489 e. The zero-order chi connectivity index (χ0) is 13.7. The lowest BCUT2D eigenvalue weighted by atomic mass is 10.2. The van der Waals surface area contributed by atoms with E-state index in [0.717, 1.165) is 10.0 Å². The van der Waals surface area contributed by atoms with Crippen LogP contribution in [0.25, 0.3) is 0 Å². The summed E-state index contributed by atoms with van der Waals surface area (Å²) in [7, 11) is 0. The fraction of sp³-hybridized carbons (Fsp3) is 0.0714. The van der Waals surface area contributed by atoms with Gasteiger partial charge >= 0.3 is 0 Å². The summed E-state index contributed by atoms with van der Waals surface area (Å²) >= 11 is 3.41. The number of benzene rings is 2. The zero-order valence-corrected chi connectivity index (χ0v) is 11.7.